The molecule has 0 radical (unpaired) electrons. The second kappa shape index (κ2) is 7.50. The maximum absolute atomic E-state index is 14.1. The van der Waals surface area contributed by atoms with E-state index >= 15 is 0 Å². The SMILES string of the molecule is Fc1c(F)c(F)c(-c2cccc(-c3c(F)c(F)c(F)c(F)c3F)c2I)c(F)c1F. The van der Waals surface area contributed by atoms with E-state index in [-0.39, 0.29) is 0 Å². The first-order valence-electron chi connectivity index (χ1n) is 7.32. The predicted molar refractivity (Wildman–Crippen MR) is 89.6 cm³/mol. The van der Waals surface area contributed by atoms with Gasteiger partial charge in [-0.05, 0) is 22.6 Å². The molecule has 0 aromatic heterocycles. The largest absolute Gasteiger partial charge is 0.203 e. The van der Waals surface area contributed by atoms with Crippen LogP contribution in [0.5, 0.6) is 0 Å². The molecule has 0 N–H and O–H groups in total. The summed E-state index contributed by atoms with van der Waals surface area (Å²) in [6, 6.07) is 2.61. The number of halogens is 11. The zero-order chi connectivity index (χ0) is 21.8. The first kappa shape index (κ1) is 21.4. The Morgan fingerprint density at radius 2 is 0.655 bits per heavy atom. The summed E-state index contributed by atoms with van der Waals surface area (Å²) in [7, 11) is 0. The first-order chi connectivity index (χ1) is 13.5. The van der Waals surface area contributed by atoms with E-state index in [1.807, 2.05) is 0 Å². The summed E-state index contributed by atoms with van der Waals surface area (Å²) in [5, 5.41) is 0. The number of rotatable bonds is 2. The van der Waals surface area contributed by atoms with E-state index in [4.69, 9.17) is 0 Å². The lowest BCUT2D eigenvalue weighted by Gasteiger charge is -2.15. The lowest BCUT2D eigenvalue weighted by Crippen LogP contribution is -2.07. The molecule has 0 spiro atoms. The van der Waals surface area contributed by atoms with Gasteiger partial charge in [-0.1, -0.05) is 18.2 Å². The summed E-state index contributed by atoms with van der Waals surface area (Å²) in [4.78, 5) is 0. The van der Waals surface area contributed by atoms with Crippen molar-refractivity contribution in [2.75, 3.05) is 0 Å². The van der Waals surface area contributed by atoms with Crippen molar-refractivity contribution >= 4 is 22.6 Å². The van der Waals surface area contributed by atoms with Crippen LogP contribution < -0.4 is 0 Å². The molecular weight excluding hydrogens is 533 g/mol. The van der Waals surface area contributed by atoms with Gasteiger partial charge in [0.1, 0.15) is 0 Å². The van der Waals surface area contributed by atoms with Crippen LogP contribution in [-0.4, -0.2) is 0 Å². The van der Waals surface area contributed by atoms with Crippen LogP contribution in [0.1, 0.15) is 0 Å². The molecule has 0 aliphatic rings. The van der Waals surface area contributed by atoms with E-state index in [1.54, 1.807) is 0 Å². The lowest BCUT2D eigenvalue weighted by molar-refractivity contribution is 0.381. The van der Waals surface area contributed by atoms with Crippen LogP contribution in [0.15, 0.2) is 18.2 Å². The minimum Gasteiger partial charge on any atom is -0.203 e. The monoisotopic (exact) mass is 536 g/mol. The Morgan fingerprint density at radius 1 is 0.414 bits per heavy atom. The highest BCUT2D eigenvalue weighted by molar-refractivity contribution is 14.1. The minimum atomic E-state index is -2.42. The third-order valence-electron chi connectivity index (χ3n) is 3.96. The van der Waals surface area contributed by atoms with E-state index < -0.39 is 84.0 Å². The molecule has 3 aromatic carbocycles. The Bertz CT molecular complexity index is 1030. The minimum absolute atomic E-state index is 0.517. The molecule has 0 heterocycles. The van der Waals surface area contributed by atoms with Crippen molar-refractivity contribution in [3.8, 4) is 22.3 Å². The molecule has 3 aromatic rings. The van der Waals surface area contributed by atoms with E-state index in [1.165, 1.54) is 22.6 Å². The summed E-state index contributed by atoms with van der Waals surface area (Å²) in [5.41, 5.74) is -4.26. The number of hydrogen-bond donors (Lipinski definition) is 0. The van der Waals surface area contributed by atoms with E-state index in [0.29, 0.717) is 0 Å². The highest BCUT2D eigenvalue weighted by atomic mass is 127. The Kier molecular flexibility index (Phi) is 5.54. The zero-order valence-electron chi connectivity index (χ0n) is 13.4. The molecule has 0 saturated carbocycles. The van der Waals surface area contributed by atoms with E-state index in [9.17, 15) is 43.9 Å². The van der Waals surface area contributed by atoms with Gasteiger partial charge in [0, 0.05) is 14.7 Å². The van der Waals surface area contributed by atoms with Gasteiger partial charge in [0.05, 0.1) is 11.1 Å². The average molecular weight is 536 g/mol. The summed E-state index contributed by atoms with van der Waals surface area (Å²) < 4.78 is 136. The molecule has 0 aliphatic heterocycles. The standard InChI is InChI=1S/C18H3F10I/c19-8-6(9(20)13(24)16(27)12(8)23)4-2-1-3-5(18(4)29)7-10(21)14(25)17(28)15(26)11(7)22/h1-3H. The fourth-order valence-electron chi connectivity index (χ4n) is 2.60. The summed E-state index contributed by atoms with van der Waals surface area (Å²) in [6.45, 7) is 0. The van der Waals surface area contributed by atoms with Crippen molar-refractivity contribution in [2.45, 2.75) is 0 Å². The van der Waals surface area contributed by atoms with Crippen molar-refractivity contribution in [1.29, 1.82) is 0 Å². The molecule has 0 fully saturated rings. The van der Waals surface area contributed by atoms with Gasteiger partial charge in [-0.15, -0.1) is 0 Å². The fraction of sp³-hybridized carbons (Fsp3) is 0. The van der Waals surface area contributed by atoms with Gasteiger partial charge in [-0.3, -0.25) is 0 Å². The van der Waals surface area contributed by atoms with Crippen molar-refractivity contribution in [3.63, 3.8) is 0 Å². The smallest absolute Gasteiger partial charge is 0.200 e. The number of hydrogen-bond acceptors (Lipinski definition) is 0. The van der Waals surface area contributed by atoms with Gasteiger partial charge in [0.15, 0.2) is 46.5 Å². The average Bonchev–Trinajstić information content (AvgIpc) is 2.70. The summed E-state index contributed by atoms with van der Waals surface area (Å²) in [6.07, 6.45) is 0. The molecule has 29 heavy (non-hydrogen) atoms. The number of benzene rings is 3. The van der Waals surface area contributed by atoms with Crippen LogP contribution in [0.2, 0.25) is 0 Å². The van der Waals surface area contributed by atoms with Gasteiger partial charge in [0.2, 0.25) is 11.6 Å². The molecule has 0 saturated heterocycles. The molecule has 0 unspecified atom stereocenters. The maximum atomic E-state index is 14.1. The van der Waals surface area contributed by atoms with Crippen LogP contribution in [0.25, 0.3) is 22.3 Å². The second-order valence-electron chi connectivity index (χ2n) is 5.56. The van der Waals surface area contributed by atoms with Crippen molar-refractivity contribution < 1.29 is 43.9 Å². The fourth-order valence-corrected chi connectivity index (χ4v) is 3.50. The van der Waals surface area contributed by atoms with Gasteiger partial charge >= 0.3 is 0 Å². The molecule has 11 heteroatoms. The highest BCUT2D eigenvalue weighted by Crippen LogP contribution is 2.40. The van der Waals surface area contributed by atoms with E-state index in [2.05, 4.69) is 0 Å². The van der Waals surface area contributed by atoms with Gasteiger partial charge < -0.3 is 0 Å². The Balaban J connectivity index is 2.40. The van der Waals surface area contributed by atoms with Crippen LogP contribution in [0.3, 0.4) is 0 Å². The third kappa shape index (κ3) is 3.15. The van der Waals surface area contributed by atoms with Crippen LogP contribution in [0, 0.1) is 61.7 Å². The maximum Gasteiger partial charge on any atom is 0.200 e. The molecule has 0 nitrogen and oxygen atoms in total. The molecule has 3 rings (SSSR count). The zero-order valence-corrected chi connectivity index (χ0v) is 15.5. The Hall–Kier alpha value is -2.31. The molecular formula is C18H3F10I. The quantitative estimate of drug-likeness (QED) is 0.143. The Morgan fingerprint density at radius 3 is 0.931 bits per heavy atom. The highest BCUT2D eigenvalue weighted by Gasteiger charge is 2.31. The molecule has 0 bridgehead atoms. The van der Waals surface area contributed by atoms with Crippen molar-refractivity contribution in [1.82, 2.24) is 0 Å². The van der Waals surface area contributed by atoms with Crippen molar-refractivity contribution in [3.05, 3.63) is 79.9 Å². The third-order valence-corrected chi connectivity index (χ3v) is 5.12. The molecule has 0 aliphatic carbocycles. The molecule has 0 atom stereocenters. The van der Waals surface area contributed by atoms with Gasteiger partial charge in [-0.2, -0.15) is 0 Å². The van der Waals surface area contributed by atoms with E-state index in [0.717, 1.165) is 18.2 Å². The van der Waals surface area contributed by atoms with Gasteiger partial charge in [-0.25, -0.2) is 43.9 Å². The Labute approximate surface area is 168 Å². The summed E-state index contributed by atoms with van der Waals surface area (Å²) in [5.74, 6) is -22.8. The van der Waals surface area contributed by atoms with Gasteiger partial charge in [0.25, 0.3) is 0 Å². The second-order valence-corrected chi connectivity index (χ2v) is 6.64. The van der Waals surface area contributed by atoms with Crippen LogP contribution in [0.4, 0.5) is 43.9 Å². The van der Waals surface area contributed by atoms with Crippen LogP contribution >= 0.6 is 22.6 Å². The normalized spacial score (nSPS) is 11.3. The summed E-state index contributed by atoms with van der Waals surface area (Å²) >= 11 is 1.23. The molecule has 152 valence electrons. The van der Waals surface area contributed by atoms with Crippen molar-refractivity contribution in [2.24, 2.45) is 0 Å². The van der Waals surface area contributed by atoms with Crippen LogP contribution in [-0.2, 0) is 0 Å². The molecule has 0 amide bonds. The predicted octanol–water partition coefficient (Wildman–Crippen LogP) is 7.02. The first-order valence-corrected chi connectivity index (χ1v) is 8.40. The topological polar surface area (TPSA) is 0 Å². The lowest BCUT2D eigenvalue weighted by atomic mass is 9.97.